The summed E-state index contributed by atoms with van der Waals surface area (Å²) in [5, 5.41) is 8.57. The molecule has 0 aromatic carbocycles. The number of carboxylic acid groups (broad SMARTS) is 1. The molecule has 1 heterocycles. The van der Waals surface area contributed by atoms with Gasteiger partial charge in [0.05, 0.1) is 6.42 Å². The Morgan fingerprint density at radius 1 is 1.39 bits per heavy atom. The molecule has 0 atom stereocenters. The average Bonchev–Trinajstić information content (AvgIpc) is 2.35. The van der Waals surface area contributed by atoms with Crippen molar-refractivity contribution in [1.82, 2.24) is 8.61 Å². The van der Waals surface area contributed by atoms with E-state index in [4.69, 9.17) is 5.11 Å². The van der Waals surface area contributed by atoms with Crippen molar-refractivity contribution in [2.75, 3.05) is 26.7 Å². The summed E-state index contributed by atoms with van der Waals surface area (Å²) >= 11 is 0. The van der Waals surface area contributed by atoms with Gasteiger partial charge in [0.25, 0.3) is 10.2 Å². The van der Waals surface area contributed by atoms with Crippen molar-refractivity contribution in [3.63, 3.8) is 0 Å². The molecule has 0 spiro atoms. The fourth-order valence-electron chi connectivity index (χ4n) is 2.11. The van der Waals surface area contributed by atoms with E-state index < -0.39 is 16.2 Å². The zero-order chi connectivity index (χ0) is 13.8. The minimum absolute atomic E-state index is 0.0192. The van der Waals surface area contributed by atoms with Gasteiger partial charge >= 0.3 is 5.97 Å². The van der Waals surface area contributed by atoms with Crippen LogP contribution in [0.15, 0.2) is 0 Å². The van der Waals surface area contributed by atoms with E-state index >= 15 is 0 Å². The van der Waals surface area contributed by atoms with Crippen LogP contribution in [-0.4, -0.2) is 54.8 Å². The lowest BCUT2D eigenvalue weighted by Gasteiger charge is -2.33. The number of carboxylic acids is 1. The smallest absolute Gasteiger partial charge is 0.304 e. The molecule has 0 unspecified atom stereocenters. The Morgan fingerprint density at radius 2 is 1.94 bits per heavy atom. The van der Waals surface area contributed by atoms with Crippen LogP contribution >= 0.6 is 0 Å². The fraction of sp³-hybridized carbons (Fsp3) is 0.909. The molecule has 18 heavy (non-hydrogen) atoms. The Labute approximate surface area is 109 Å². The summed E-state index contributed by atoms with van der Waals surface area (Å²) in [6, 6.07) is 0. The Morgan fingerprint density at radius 3 is 2.39 bits per heavy atom. The largest absolute Gasteiger partial charge is 0.481 e. The van der Waals surface area contributed by atoms with Crippen LogP contribution in [0.1, 0.15) is 32.6 Å². The zero-order valence-corrected chi connectivity index (χ0v) is 11.8. The number of carbonyl (C=O) groups is 1. The number of nitrogens with zero attached hydrogens (tertiary/aromatic N) is 2. The van der Waals surface area contributed by atoms with Crippen molar-refractivity contribution in [1.29, 1.82) is 0 Å². The lowest BCUT2D eigenvalue weighted by atomic mass is 9.96. The van der Waals surface area contributed by atoms with Gasteiger partial charge in [-0.25, -0.2) is 0 Å². The normalized spacial score (nSPS) is 19.3. The van der Waals surface area contributed by atoms with Crippen molar-refractivity contribution in [2.24, 2.45) is 5.92 Å². The van der Waals surface area contributed by atoms with Crippen LogP contribution in [0.2, 0.25) is 0 Å². The van der Waals surface area contributed by atoms with E-state index in [1.807, 2.05) is 0 Å². The Kier molecular flexibility index (Phi) is 5.55. The van der Waals surface area contributed by atoms with Gasteiger partial charge in [0.2, 0.25) is 0 Å². The van der Waals surface area contributed by atoms with Crippen LogP contribution in [0, 0.1) is 5.92 Å². The first-order valence-electron chi connectivity index (χ1n) is 6.31. The molecule has 0 radical (unpaired) electrons. The summed E-state index contributed by atoms with van der Waals surface area (Å²) < 4.78 is 26.9. The molecule has 0 aromatic heterocycles. The third-order valence-electron chi connectivity index (χ3n) is 3.51. The quantitative estimate of drug-likeness (QED) is 0.778. The maximum atomic E-state index is 12.2. The summed E-state index contributed by atoms with van der Waals surface area (Å²) in [7, 11) is -2.05. The van der Waals surface area contributed by atoms with Crippen LogP contribution < -0.4 is 0 Å². The van der Waals surface area contributed by atoms with Gasteiger partial charge < -0.3 is 5.11 Å². The highest BCUT2D eigenvalue weighted by atomic mass is 32.2. The lowest BCUT2D eigenvalue weighted by Crippen LogP contribution is -2.46. The molecule has 0 bridgehead atoms. The summed E-state index contributed by atoms with van der Waals surface area (Å²) in [5.41, 5.74) is 0. The van der Waals surface area contributed by atoms with E-state index in [2.05, 4.69) is 6.92 Å². The summed E-state index contributed by atoms with van der Waals surface area (Å²) in [5.74, 6) is -0.373. The second-order valence-electron chi connectivity index (χ2n) is 4.72. The molecule has 0 aromatic rings. The van der Waals surface area contributed by atoms with E-state index in [0.29, 0.717) is 19.0 Å². The monoisotopic (exact) mass is 278 g/mol. The molecule has 0 amide bonds. The number of aliphatic carboxylic acids is 1. The minimum atomic E-state index is -3.49. The van der Waals surface area contributed by atoms with Gasteiger partial charge in [-0.05, 0) is 18.8 Å². The average molecular weight is 278 g/mol. The minimum Gasteiger partial charge on any atom is -0.481 e. The van der Waals surface area contributed by atoms with Gasteiger partial charge in [-0.3, -0.25) is 4.79 Å². The van der Waals surface area contributed by atoms with Crippen LogP contribution in [0.5, 0.6) is 0 Å². The first kappa shape index (κ1) is 15.4. The maximum absolute atomic E-state index is 12.2. The molecule has 1 N–H and O–H groups in total. The fourth-order valence-corrected chi connectivity index (χ4v) is 3.50. The van der Waals surface area contributed by atoms with Gasteiger partial charge in [0, 0.05) is 26.7 Å². The Hall–Kier alpha value is -0.660. The Bertz CT molecular complexity index is 375. The van der Waals surface area contributed by atoms with Gasteiger partial charge in [0.15, 0.2) is 0 Å². The lowest BCUT2D eigenvalue weighted by molar-refractivity contribution is -0.137. The first-order chi connectivity index (χ1) is 8.37. The highest BCUT2D eigenvalue weighted by molar-refractivity contribution is 7.86. The molecule has 1 aliphatic heterocycles. The van der Waals surface area contributed by atoms with Crippen LogP contribution in [0.4, 0.5) is 0 Å². The van der Waals surface area contributed by atoms with Crippen molar-refractivity contribution in [3.8, 4) is 0 Å². The van der Waals surface area contributed by atoms with Crippen molar-refractivity contribution >= 4 is 16.2 Å². The molecule has 1 rings (SSSR count). The van der Waals surface area contributed by atoms with Crippen molar-refractivity contribution in [2.45, 2.75) is 32.6 Å². The molecule has 6 nitrogen and oxygen atoms in total. The Balaban J connectivity index is 2.55. The number of hydrogen-bond donors (Lipinski definition) is 1. The van der Waals surface area contributed by atoms with Gasteiger partial charge in [-0.2, -0.15) is 17.0 Å². The molecule has 0 saturated carbocycles. The molecular weight excluding hydrogens is 256 g/mol. The molecule has 7 heteroatoms. The van der Waals surface area contributed by atoms with Crippen LogP contribution in [0.3, 0.4) is 0 Å². The molecule has 106 valence electrons. The van der Waals surface area contributed by atoms with Crippen LogP contribution in [0.25, 0.3) is 0 Å². The first-order valence-corrected chi connectivity index (χ1v) is 7.70. The summed E-state index contributed by atoms with van der Waals surface area (Å²) in [4.78, 5) is 10.5. The summed E-state index contributed by atoms with van der Waals surface area (Å²) in [6.07, 6.45) is 2.70. The van der Waals surface area contributed by atoms with E-state index in [1.54, 1.807) is 0 Å². The second kappa shape index (κ2) is 6.49. The third-order valence-corrected chi connectivity index (χ3v) is 5.50. The van der Waals surface area contributed by atoms with Gasteiger partial charge in [-0.15, -0.1) is 0 Å². The van der Waals surface area contributed by atoms with Crippen LogP contribution in [-0.2, 0) is 15.0 Å². The second-order valence-corrected chi connectivity index (χ2v) is 6.76. The standard InChI is InChI=1S/C11H22N2O4S/c1-3-10-4-8-13(9-5-10)18(16,17)12(2)7-6-11(14)15/h10H,3-9H2,1-2H3,(H,14,15). The molecule has 1 fully saturated rings. The SMILES string of the molecule is CCC1CCN(S(=O)(=O)N(C)CCC(=O)O)CC1. The third kappa shape index (κ3) is 3.93. The van der Waals surface area contributed by atoms with E-state index in [0.717, 1.165) is 23.6 Å². The molecular formula is C11H22N2O4S. The van der Waals surface area contributed by atoms with E-state index in [-0.39, 0.29) is 13.0 Å². The molecule has 1 aliphatic rings. The van der Waals surface area contributed by atoms with Gasteiger partial charge in [0.1, 0.15) is 0 Å². The maximum Gasteiger partial charge on any atom is 0.304 e. The highest BCUT2D eigenvalue weighted by Crippen LogP contribution is 2.22. The van der Waals surface area contributed by atoms with Crippen molar-refractivity contribution < 1.29 is 18.3 Å². The highest BCUT2D eigenvalue weighted by Gasteiger charge is 2.30. The number of hydrogen-bond acceptors (Lipinski definition) is 3. The van der Waals surface area contributed by atoms with Crippen molar-refractivity contribution in [3.05, 3.63) is 0 Å². The van der Waals surface area contributed by atoms with E-state index in [9.17, 15) is 13.2 Å². The zero-order valence-electron chi connectivity index (χ0n) is 11.0. The molecule has 0 aliphatic carbocycles. The summed E-state index contributed by atoms with van der Waals surface area (Å²) in [6.45, 7) is 3.22. The predicted molar refractivity (Wildman–Crippen MR) is 68.4 cm³/mol. The van der Waals surface area contributed by atoms with E-state index in [1.165, 1.54) is 11.4 Å². The molecule has 1 saturated heterocycles. The predicted octanol–water partition coefficient (Wildman–Crippen LogP) is 0.760. The number of rotatable bonds is 6. The number of piperidine rings is 1. The topological polar surface area (TPSA) is 77.9 Å². The van der Waals surface area contributed by atoms with Gasteiger partial charge in [-0.1, -0.05) is 13.3 Å².